The first kappa shape index (κ1) is 14.6. The monoisotopic (exact) mass is 284 g/mol. The van der Waals surface area contributed by atoms with Crippen molar-refractivity contribution in [1.29, 1.82) is 5.26 Å². The smallest absolute Gasteiger partial charge is 0.352 e. The Bertz CT molecular complexity index is 472. The van der Waals surface area contributed by atoms with Gasteiger partial charge in [0.05, 0.1) is 6.42 Å². The molecule has 20 heavy (non-hydrogen) atoms. The van der Waals surface area contributed by atoms with Crippen LogP contribution < -0.4 is 4.90 Å². The van der Waals surface area contributed by atoms with E-state index in [-0.39, 0.29) is 18.3 Å². The highest BCUT2D eigenvalue weighted by Gasteiger charge is 2.31. The van der Waals surface area contributed by atoms with Crippen molar-refractivity contribution in [3.05, 3.63) is 17.8 Å². The van der Waals surface area contributed by atoms with E-state index < -0.39 is 12.6 Å². The van der Waals surface area contributed by atoms with Crippen molar-refractivity contribution in [2.75, 3.05) is 11.4 Å². The molecule has 1 aliphatic carbocycles. The maximum Gasteiger partial charge on any atom is 0.390 e. The summed E-state index contributed by atoms with van der Waals surface area (Å²) in [6.45, 7) is -0.116. The summed E-state index contributed by atoms with van der Waals surface area (Å²) in [6, 6.07) is 4.98. The fourth-order valence-corrected chi connectivity index (χ4v) is 2.49. The van der Waals surface area contributed by atoms with Gasteiger partial charge in [0.2, 0.25) is 0 Å². The van der Waals surface area contributed by atoms with Crippen LogP contribution in [0.5, 0.6) is 0 Å². The van der Waals surface area contributed by atoms with E-state index in [1.807, 2.05) is 6.07 Å². The van der Waals surface area contributed by atoms with E-state index in [0.717, 1.165) is 25.7 Å². The first-order chi connectivity index (χ1) is 9.49. The maximum atomic E-state index is 12.4. The van der Waals surface area contributed by atoms with Gasteiger partial charge in [-0.05, 0) is 25.0 Å². The third-order valence-corrected chi connectivity index (χ3v) is 3.46. The molecule has 1 aromatic heterocycles. The zero-order valence-electron chi connectivity index (χ0n) is 10.9. The molecule has 7 heteroatoms. The normalized spacial score (nSPS) is 16.1. The molecule has 2 rings (SSSR count). The molecule has 0 radical (unpaired) electrons. The number of halogens is 3. The predicted molar refractivity (Wildman–Crippen MR) is 67.0 cm³/mol. The van der Waals surface area contributed by atoms with Gasteiger partial charge in [0, 0.05) is 12.6 Å². The number of hydrogen-bond acceptors (Lipinski definition) is 4. The van der Waals surface area contributed by atoms with Crippen molar-refractivity contribution in [2.24, 2.45) is 0 Å². The third kappa shape index (κ3) is 3.83. The molecule has 0 bridgehead atoms. The second-order valence-electron chi connectivity index (χ2n) is 4.89. The van der Waals surface area contributed by atoms with Gasteiger partial charge in [-0.3, -0.25) is 0 Å². The molecule has 0 aliphatic heterocycles. The highest BCUT2D eigenvalue weighted by atomic mass is 19.4. The highest BCUT2D eigenvalue weighted by Crippen LogP contribution is 2.29. The van der Waals surface area contributed by atoms with Crippen molar-refractivity contribution in [1.82, 2.24) is 10.2 Å². The molecular weight excluding hydrogens is 269 g/mol. The average Bonchev–Trinajstić information content (AvgIpc) is 2.92. The number of nitriles is 1. The van der Waals surface area contributed by atoms with Crippen LogP contribution in [0.3, 0.4) is 0 Å². The number of alkyl halides is 3. The standard InChI is InChI=1S/C13H15F3N4/c14-13(15,16)7-8-20(11-3-1-2-4-11)12-6-5-10(9-17)18-19-12/h5-6,11H,1-4,7-8H2. The van der Waals surface area contributed by atoms with Crippen molar-refractivity contribution >= 4 is 5.82 Å². The summed E-state index contributed by atoms with van der Waals surface area (Å²) >= 11 is 0. The van der Waals surface area contributed by atoms with Crippen molar-refractivity contribution in [3.8, 4) is 6.07 Å². The van der Waals surface area contributed by atoms with Gasteiger partial charge in [0.15, 0.2) is 11.5 Å². The summed E-state index contributed by atoms with van der Waals surface area (Å²) in [5.41, 5.74) is 0.163. The molecule has 108 valence electrons. The molecule has 0 atom stereocenters. The summed E-state index contributed by atoms with van der Waals surface area (Å²) < 4.78 is 37.3. The average molecular weight is 284 g/mol. The third-order valence-electron chi connectivity index (χ3n) is 3.46. The fourth-order valence-electron chi connectivity index (χ4n) is 2.49. The second-order valence-corrected chi connectivity index (χ2v) is 4.89. The van der Waals surface area contributed by atoms with Gasteiger partial charge < -0.3 is 4.90 Å². The largest absolute Gasteiger partial charge is 0.390 e. The Morgan fingerprint density at radius 2 is 1.95 bits per heavy atom. The van der Waals surface area contributed by atoms with Gasteiger partial charge in [-0.1, -0.05) is 12.8 Å². The Balaban J connectivity index is 2.14. The van der Waals surface area contributed by atoms with Crippen molar-refractivity contribution in [2.45, 2.75) is 44.3 Å². The quantitative estimate of drug-likeness (QED) is 0.852. The molecule has 1 aromatic rings. The minimum absolute atomic E-state index is 0.0829. The Kier molecular flexibility index (Phi) is 4.42. The van der Waals surface area contributed by atoms with Crippen LogP contribution in [0.4, 0.5) is 19.0 Å². The van der Waals surface area contributed by atoms with E-state index in [0.29, 0.717) is 5.82 Å². The highest BCUT2D eigenvalue weighted by molar-refractivity contribution is 5.40. The minimum atomic E-state index is -4.18. The predicted octanol–water partition coefficient (Wildman–Crippen LogP) is 3.05. The van der Waals surface area contributed by atoms with Crippen molar-refractivity contribution in [3.63, 3.8) is 0 Å². The molecule has 1 aliphatic rings. The molecule has 0 spiro atoms. The first-order valence-electron chi connectivity index (χ1n) is 6.57. The van der Waals surface area contributed by atoms with Gasteiger partial charge >= 0.3 is 6.18 Å². The molecule has 1 saturated carbocycles. The van der Waals surface area contributed by atoms with E-state index in [2.05, 4.69) is 10.2 Å². The number of nitrogens with zero attached hydrogens (tertiary/aromatic N) is 4. The van der Waals surface area contributed by atoms with Gasteiger partial charge in [-0.25, -0.2) is 0 Å². The number of rotatable bonds is 4. The summed E-state index contributed by atoms with van der Waals surface area (Å²) in [5, 5.41) is 16.3. The van der Waals surface area contributed by atoms with Crippen LogP contribution in [0.15, 0.2) is 12.1 Å². The fraction of sp³-hybridized carbons (Fsp3) is 0.615. The van der Waals surface area contributed by atoms with Crippen LogP contribution in [-0.2, 0) is 0 Å². The molecule has 0 amide bonds. The SMILES string of the molecule is N#Cc1ccc(N(CCC(F)(F)F)C2CCCC2)nn1. The first-order valence-corrected chi connectivity index (χ1v) is 6.57. The number of anilines is 1. The van der Waals surface area contributed by atoms with Gasteiger partial charge in [0.25, 0.3) is 0 Å². The lowest BCUT2D eigenvalue weighted by Crippen LogP contribution is -2.37. The van der Waals surface area contributed by atoms with Crippen LogP contribution in [-0.4, -0.2) is 29.0 Å². The van der Waals surface area contributed by atoms with E-state index in [9.17, 15) is 13.2 Å². The molecule has 0 saturated heterocycles. The Morgan fingerprint density at radius 3 is 2.45 bits per heavy atom. The molecule has 4 nitrogen and oxygen atoms in total. The molecular formula is C13H15F3N4. The van der Waals surface area contributed by atoms with Crippen LogP contribution >= 0.6 is 0 Å². The van der Waals surface area contributed by atoms with Gasteiger partial charge in [-0.15, -0.1) is 10.2 Å². The Morgan fingerprint density at radius 1 is 1.25 bits per heavy atom. The molecule has 0 N–H and O–H groups in total. The minimum Gasteiger partial charge on any atom is -0.352 e. The van der Waals surface area contributed by atoms with Crippen LogP contribution in [0, 0.1) is 11.3 Å². The van der Waals surface area contributed by atoms with Gasteiger partial charge in [0.1, 0.15) is 6.07 Å². The zero-order valence-corrected chi connectivity index (χ0v) is 10.9. The lowest BCUT2D eigenvalue weighted by Gasteiger charge is -2.30. The molecule has 1 fully saturated rings. The van der Waals surface area contributed by atoms with Crippen LogP contribution in [0.25, 0.3) is 0 Å². The summed E-state index contributed by atoms with van der Waals surface area (Å²) in [6.07, 6.45) is -1.26. The van der Waals surface area contributed by atoms with E-state index in [4.69, 9.17) is 5.26 Å². The Labute approximate surface area is 115 Å². The number of hydrogen-bond donors (Lipinski definition) is 0. The topological polar surface area (TPSA) is 52.8 Å². The lowest BCUT2D eigenvalue weighted by molar-refractivity contribution is -0.132. The maximum absolute atomic E-state index is 12.4. The van der Waals surface area contributed by atoms with E-state index in [1.165, 1.54) is 6.07 Å². The molecule has 0 aromatic carbocycles. The summed E-state index contributed by atoms with van der Waals surface area (Å²) in [7, 11) is 0. The molecule has 1 heterocycles. The van der Waals surface area contributed by atoms with E-state index >= 15 is 0 Å². The zero-order chi connectivity index (χ0) is 14.6. The van der Waals surface area contributed by atoms with Gasteiger partial charge in [-0.2, -0.15) is 18.4 Å². The lowest BCUT2D eigenvalue weighted by atomic mass is 10.2. The van der Waals surface area contributed by atoms with Crippen LogP contribution in [0.2, 0.25) is 0 Å². The Hall–Kier alpha value is -1.84. The number of aromatic nitrogens is 2. The van der Waals surface area contributed by atoms with Crippen LogP contribution in [0.1, 0.15) is 37.8 Å². The van der Waals surface area contributed by atoms with Crippen molar-refractivity contribution < 1.29 is 13.2 Å². The second kappa shape index (κ2) is 6.07. The summed E-state index contributed by atoms with van der Waals surface area (Å²) in [5.74, 6) is 0.417. The molecule has 0 unspecified atom stereocenters. The van der Waals surface area contributed by atoms with E-state index in [1.54, 1.807) is 11.0 Å². The summed E-state index contributed by atoms with van der Waals surface area (Å²) in [4.78, 5) is 1.68.